The molecule has 4 rings (SSSR count). The number of ether oxygens (including phenoxy) is 1. The summed E-state index contributed by atoms with van der Waals surface area (Å²) in [5.41, 5.74) is 1.25. The van der Waals surface area contributed by atoms with Gasteiger partial charge in [-0.25, -0.2) is 14.6 Å². The van der Waals surface area contributed by atoms with Crippen molar-refractivity contribution in [1.29, 1.82) is 0 Å². The van der Waals surface area contributed by atoms with Crippen LogP contribution in [-0.4, -0.2) is 32.3 Å². The van der Waals surface area contributed by atoms with Crippen LogP contribution < -0.4 is 10.1 Å². The molecular weight excluding hydrogens is 398 g/mol. The van der Waals surface area contributed by atoms with Crippen molar-refractivity contribution < 1.29 is 9.53 Å². The van der Waals surface area contributed by atoms with E-state index in [1.807, 2.05) is 48.5 Å². The topological polar surface area (TPSA) is 81.9 Å². The largest absolute Gasteiger partial charge is 0.492 e. The summed E-state index contributed by atoms with van der Waals surface area (Å²) in [4.78, 5) is 21.8. The number of nitrogens with one attached hydrogen (secondary N) is 1. The molecule has 1 amide bonds. The number of benzene rings is 2. The minimum absolute atomic E-state index is 0.177. The smallest absolute Gasteiger partial charge is 0.255 e. The molecule has 0 radical (unpaired) electrons. The first-order chi connectivity index (χ1) is 14.8. The van der Waals surface area contributed by atoms with Crippen molar-refractivity contribution in [3.63, 3.8) is 0 Å². The lowest BCUT2D eigenvalue weighted by Crippen LogP contribution is -2.12. The van der Waals surface area contributed by atoms with Crippen molar-refractivity contribution >= 4 is 23.4 Å². The molecule has 2 heterocycles. The number of hydrogen-bond acceptors (Lipinski definition) is 6. The van der Waals surface area contributed by atoms with E-state index in [1.165, 1.54) is 6.33 Å². The Hall–Kier alpha value is -3.65. The molecule has 0 aliphatic rings. The quantitative estimate of drug-likeness (QED) is 0.464. The summed E-state index contributed by atoms with van der Waals surface area (Å²) >= 11 is 1.55. The molecule has 0 bridgehead atoms. The molecule has 4 aromatic rings. The summed E-state index contributed by atoms with van der Waals surface area (Å²) in [6.45, 7) is 1.05. The van der Waals surface area contributed by atoms with Crippen LogP contribution in [0.1, 0.15) is 10.4 Å². The van der Waals surface area contributed by atoms with E-state index in [1.54, 1.807) is 47.2 Å². The molecule has 150 valence electrons. The number of pyridine rings is 1. The molecule has 0 fully saturated rings. The van der Waals surface area contributed by atoms with Gasteiger partial charge in [-0.1, -0.05) is 23.9 Å². The standard InChI is InChI=1S/C22H19N5O2S/c28-22(17-7-9-20(10-8-17)30-21-6-1-2-11-24-21)26-18-4-3-5-19(14-18)29-13-12-27-16-23-15-25-27/h1-11,14-16H,12-13H2,(H,26,28). The first-order valence-electron chi connectivity index (χ1n) is 9.32. The average Bonchev–Trinajstić information content (AvgIpc) is 3.29. The lowest BCUT2D eigenvalue weighted by Gasteiger charge is -2.10. The summed E-state index contributed by atoms with van der Waals surface area (Å²) in [6, 6.07) is 20.5. The molecule has 0 unspecified atom stereocenters. The number of rotatable bonds is 8. The zero-order valence-electron chi connectivity index (χ0n) is 16.0. The summed E-state index contributed by atoms with van der Waals surface area (Å²) in [5, 5.41) is 7.85. The number of aromatic nitrogens is 4. The SMILES string of the molecule is O=C(Nc1cccc(OCCn2cncn2)c1)c1ccc(Sc2ccccn2)cc1. The molecule has 2 aromatic heterocycles. The zero-order chi connectivity index (χ0) is 20.6. The van der Waals surface area contributed by atoms with E-state index >= 15 is 0 Å². The summed E-state index contributed by atoms with van der Waals surface area (Å²) in [6.07, 6.45) is 4.89. The highest BCUT2D eigenvalue weighted by atomic mass is 32.2. The van der Waals surface area contributed by atoms with E-state index < -0.39 is 0 Å². The maximum Gasteiger partial charge on any atom is 0.255 e. The van der Waals surface area contributed by atoms with E-state index in [0.29, 0.717) is 30.2 Å². The van der Waals surface area contributed by atoms with Crippen molar-refractivity contribution in [1.82, 2.24) is 19.7 Å². The lowest BCUT2D eigenvalue weighted by molar-refractivity contribution is 0.102. The van der Waals surface area contributed by atoms with Crippen LogP contribution in [0.3, 0.4) is 0 Å². The highest BCUT2D eigenvalue weighted by Gasteiger charge is 2.08. The van der Waals surface area contributed by atoms with Crippen molar-refractivity contribution in [3.05, 3.63) is 91.1 Å². The highest BCUT2D eigenvalue weighted by molar-refractivity contribution is 7.99. The molecular formula is C22H19N5O2S. The van der Waals surface area contributed by atoms with Crippen molar-refractivity contribution in [2.24, 2.45) is 0 Å². The second-order valence-electron chi connectivity index (χ2n) is 6.28. The summed E-state index contributed by atoms with van der Waals surface area (Å²) in [7, 11) is 0. The second kappa shape index (κ2) is 9.71. The summed E-state index contributed by atoms with van der Waals surface area (Å²) in [5.74, 6) is 0.499. The molecule has 1 N–H and O–H groups in total. The molecule has 0 saturated heterocycles. The summed E-state index contributed by atoms with van der Waals surface area (Å²) < 4.78 is 7.43. The average molecular weight is 417 g/mol. The monoisotopic (exact) mass is 417 g/mol. The third kappa shape index (κ3) is 5.45. The first-order valence-corrected chi connectivity index (χ1v) is 10.1. The fourth-order valence-corrected chi connectivity index (χ4v) is 3.45. The van der Waals surface area contributed by atoms with E-state index in [4.69, 9.17) is 4.74 Å². The molecule has 0 saturated carbocycles. The van der Waals surface area contributed by atoms with Crippen LogP contribution in [0, 0.1) is 0 Å². The van der Waals surface area contributed by atoms with Gasteiger partial charge in [0.1, 0.15) is 30.0 Å². The predicted octanol–water partition coefficient (Wildman–Crippen LogP) is 4.16. The molecule has 7 nitrogen and oxygen atoms in total. The van der Waals surface area contributed by atoms with Crippen molar-refractivity contribution in [3.8, 4) is 5.75 Å². The van der Waals surface area contributed by atoms with Crippen LogP contribution in [0.4, 0.5) is 5.69 Å². The van der Waals surface area contributed by atoms with Gasteiger partial charge in [0.05, 0.1) is 6.54 Å². The Bertz CT molecular complexity index is 1090. The number of carbonyl (C=O) groups is 1. The first kappa shape index (κ1) is 19.7. The maximum absolute atomic E-state index is 12.6. The fraction of sp³-hybridized carbons (Fsp3) is 0.0909. The van der Waals surface area contributed by atoms with Crippen LogP contribution in [0.2, 0.25) is 0 Å². The lowest BCUT2D eigenvalue weighted by atomic mass is 10.2. The molecule has 8 heteroatoms. The van der Waals surface area contributed by atoms with Crippen LogP contribution in [0.15, 0.2) is 95.5 Å². The Labute approximate surface area is 178 Å². The number of carbonyl (C=O) groups excluding carboxylic acids is 1. The Morgan fingerprint density at radius 2 is 1.97 bits per heavy atom. The Balaban J connectivity index is 1.33. The van der Waals surface area contributed by atoms with Gasteiger partial charge in [-0.2, -0.15) is 5.10 Å². The fourth-order valence-electron chi connectivity index (χ4n) is 2.67. The maximum atomic E-state index is 12.6. The van der Waals surface area contributed by atoms with Crippen LogP contribution >= 0.6 is 11.8 Å². The van der Waals surface area contributed by atoms with Crippen LogP contribution in [-0.2, 0) is 6.54 Å². The van der Waals surface area contributed by atoms with Gasteiger partial charge >= 0.3 is 0 Å². The van der Waals surface area contributed by atoms with Gasteiger partial charge in [-0.3, -0.25) is 4.79 Å². The zero-order valence-corrected chi connectivity index (χ0v) is 16.8. The van der Waals surface area contributed by atoms with E-state index in [2.05, 4.69) is 20.4 Å². The third-order valence-corrected chi connectivity index (χ3v) is 5.08. The van der Waals surface area contributed by atoms with Gasteiger partial charge in [0, 0.05) is 28.4 Å². The number of nitrogens with zero attached hydrogens (tertiary/aromatic N) is 4. The van der Waals surface area contributed by atoms with Gasteiger partial charge in [0.25, 0.3) is 5.91 Å². The van der Waals surface area contributed by atoms with Gasteiger partial charge in [0.15, 0.2) is 0 Å². The van der Waals surface area contributed by atoms with Gasteiger partial charge in [-0.05, 0) is 48.5 Å². The number of amides is 1. The Morgan fingerprint density at radius 1 is 1.07 bits per heavy atom. The van der Waals surface area contributed by atoms with Crippen LogP contribution in [0.5, 0.6) is 5.75 Å². The normalized spacial score (nSPS) is 10.5. The molecule has 0 aliphatic heterocycles. The molecule has 0 aliphatic carbocycles. The second-order valence-corrected chi connectivity index (χ2v) is 7.38. The number of anilines is 1. The predicted molar refractivity (Wildman–Crippen MR) is 115 cm³/mol. The molecule has 0 spiro atoms. The van der Waals surface area contributed by atoms with E-state index in [-0.39, 0.29) is 5.91 Å². The van der Waals surface area contributed by atoms with Crippen molar-refractivity contribution in [2.45, 2.75) is 16.5 Å². The van der Waals surface area contributed by atoms with Crippen molar-refractivity contribution in [2.75, 3.05) is 11.9 Å². The molecule has 30 heavy (non-hydrogen) atoms. The van der Waals surface area contributed by atoms with E-state index in [0.717, 1.165) is 9.92 Å². The van der Waals surface area contributed by atoms with E-state index in [9.17, 15) is 4.79 Å². The molecule has 2 aromatic carbocycles. The minimum atomic E-state index is -0.177. The highest BCUT2D eigenvalue weighted by Crippen LogP contribution is 2.26. The van der Waals surface area contributed by atoms with Gasteiger partial charge in [-0.15, -0.1) is 0 Å². The van der Waals surface area contributed by atoms with Gasteiger partial charge in [0.2, 0.25) is 0 Å². The third-order valence-electron chi connectivity index (χ3n) is 4.12. The number of hydrogen-bond donors (Lipinski definition) is 1. The minimum Gasteiger partial charge on any atom is -0.492 e. The van der Waals surface area contributed by atoms with Crippen LogP contribution in [0.25, 0.3) is 0 Å². The Morgan fingerprint density at radius 3 is 2.73 bits per heavy atom. The molecule has 0 atom stereocenters. The Kier molecular flexibility index (Phi) is 6.36. The van der Waals surface area contributed by atoms with Gasteiger partial charge < -0.3 is 10.1 Å².